The van der Waals surface area contributed by atoms with Gasteiger partial charge in [0.2, 0.25) is 0 Å². The van der Waals surface area contributed by atoms with Crippen LogP contribution in [0, 0.1) is 6.92 Å². The van der Waals surface area contributed by atoms with Crippen LogP contribution in [0.3, 0.4) is 0 Å². The molecule has 0 atom stereocenters. The zero-order chi connectivity index (χ0) is 20.5. The maximum absolute atomic E-state index is 12.2. The van der Waals surface area contributed by atoms with E-state index in [4.69, 9.17) is 9.47 Å². The molecule has 0 aromatic heterocycles. The van der Waals surface area contributed by atoms with Crippen LogP contribution < -0.4 is 14.9 Å². The molecule has 29 heavy (non-hydrogen) atoms. The molecule has 3 rings (SSSR count). The molecular formula is C23H20N2O4. The molecule has 6 heteroatoms. The summed E-state index contributed by atoms with van der Waals surface area (Å²) in [5, 5.41) is 3.89. The summed E-state index contributed by atoms with van der Waals surface area (Å²) in [6, 6.07) is 23.1. The third-order valence-corrected chi connectivity index (χ3v) is 3.97. The Balaban J connectivity index is 1.48. The highest BCUT2D eigenvalue weighted by molar-refractivity contribution is 5.92. The van der Waals surface area contributed by atoms with E-state index < -0.39 is 5.97 Å². The van der Waals surface area contributed by atoms with Crippen LogP contribution in [0.4, 0.5) is 0 Å². The highest BCUT2D eigenvalue weighted by atomic mass is 16.5. The highest BCUT2D eigenvalue weighted by Crippen LogP contribution is 2.15. The van der Waals surface area contributed by atoms with Crippen molar-refractivity contribution >= 4 is 18.1 Å². The number of nitrogens with one attached hydrogen (secondary N) is 1. The van der Waals surface area contributed by atoms with Gasteiger partial charge in [0.1, 0.15) is 11.5 Å². The lowest BCUT2D eigenvalue weighted by Crippen LogP contribution is -2.24. The number of rotatable bonds is 7. The normalized spacial score (nSPS) is 10.5. The molecule has 146 valence electrons. The fourth-order valence-electron chi connectivity index (χ4n) is 2.46. The van der Waals surface area contributed by atoms with Gasteiger partial charge < -0.3 is 9.47 Å². The van der Waals surface area contributed by atoms with Gasteiger partial charge in [0, 0.05) is 0 Å². The van der Waals surface area contributed by atoms with Gasteiger partial charge in [-0.1, -0.05) is 36.4 Å². The van der Waals surface area contributed by atoms with Crippen LogP contribution in [0.1, 0.15) is 21.5 Å². The molecule has 0 aliphatic carbocycles. The topological polar surface area (TPSA) is 77.0 Å². The zero-order valence-corrected chi connectivity index (χ0v) is 15.9. The second-order valence-corrected chi connectivity index (χ2v) is 6.17. The second-order valence-electron chi connectivity index (χ2n) is 6.17. The van der Waals surface area contributed by atoms with E-state index in [1.54, 1.807) is 48.5 Å². The summed E-state index contributed by atoms with van der Waals surface area (Å²) in [7, 11) is 0. The Morgan fingerprint density at radius 1 is 0.897 bits per heavy atom. The van der Waals surface area contributed by atoms with Gasteiger partial charge >= 0.3 is 5.97 Å². The fraction of sp³-hybridized carbons (Fsp3) is 0.0870. The van der Waals surface area contributed by atoms with Crippen LogP contribution in [0.2, 0.25) is 0 Å². The first-order valence-electron chi connectivity index (χ1n) is 8.99. The number of nitrogens with zero attached hydrogens (tertiary/aromatic N) is 1. The van der Waals surface area contributed by atoms with Crippen molar-refractivity contribution in [1.82, 2.24) is 5.43 Å². The Bertz CT molecular complexity index is 999. The molecule has 0 unspecified atom stereocenters. The molecule has 0 heterocycles. The van der Waals surface area contributed by atoms with Gasteiger partial charge in [-0.15, -0.1) is 0 Å². The van der Waals surface area contributed by atoms with E-state index in [0.29, 0.717) is 17.1 Å². The van der Waals surface area contributed by atoms with Gasteiger partial charge in [0.25, 0.3) is 5.91 Å². The molecule has 3 aromatic carbocycles. The van der Waals surface area contributed by atoms with Crippen LogP contribution in [-0.4, -0.2) is 24.7 Å². The number of carbonyl (C=O) groups is 2. The Labute approximate surface area is 168 Å². The molecule has 0 saturated carbocycles. The molecule has 0 aliphatic heterocycles. The number of hydrazone groups is 1. The van der Waals surface area contributed by atoms with Crippen molar-refractivity contribution in [1.29, 1.82) is 0 Å². The fourth-order valence-corrected chi connectivity index (χ4v) is 2.46. The Morgan fingerprint density at radius 3 is 2.31 bits per heavy atom. The van der Waals surface area contributed by atoms with Crippen LogP contribution in [0.5, 0.6) is 11.5 Å². The molecule has 6 nitrogen and oxygen atoms in total. The van der Waals surface area contributed by atoms with Gasteiger partial charge in [0.15, 0.2) is 6.61 Å². The van der Waals surface area contributed by atoms with Crippen molar-refractivity contribution in [3.63, 3.8) is 0 Å². The number of aryl methyl sites for hydroxylation is 1. The lowest BCUT2D eigenvalue weighted by Gasteiger charge is -2.06. The van der Waals surface area contributed by atoms with E-state index in [2.05, 4.69) is 10.5 Å². The van der Waals surface area contributed by atoms with Gasteiger partial charge in [-0.3, -0.25) is 4.79 Å². The Kier molecular flexibility index (Phi) is 6.73. The van der Waals surface area contributed by atoms with E-state index in [0.717, 1.165) is 11.1 Å². The SMILES string of the molecule is Cc1ccccc1C(=O)Oc1ccc(/C=N\NC(=O)COc2ccccc2)cc1. The predicted molar refractivity (Wildman–Crippen MR) is 110 cm³/mol. The van der Waals surface area contributed by atoms with Crippen molar-refractivity contribution < 1.29 is 19.1 Å². The molecule has 1 amide bonds. The van der Waals surface area contributed by atoms with E-state index in [-0.39, 0.29) is 12.5 Å². The van der Waals surface area contributed by atoms with Gasteiger partial charge in [0.05, 0.1) is 11.8 Å². The number of carbonyl (C=O) groups excluding carboxylic acids is 2. The number of amides is 1. The van der Waals surface area contributed by atoms with Gasteiger partial charge in [-0.25, -0.2) is 10.2 Å². The summed E-state index contributed by atoms with van der Waals surface area (Å²) >= 11 is 0. The summed E-state index contributed by atoms with van der Waals surface area (Å²) in [5.41, 5.74) is 4.52. The summed E-state index contributed by atoms with van der Waals surface area (Å²) < 4.78 is 10.7. The molecule has 3 aromatic rings. The van der Waals surface area contributed by atoms with E-state index in [1.165, 1.54) is 6.21 Å². The van der Waals surface area contributed by atoms with Crippen molar-refractivity contribution in [2.24, 2.45) is 5.10 Å². The van der Waals surface area contributed by atoms with Crippen LogP contribution in [-0.2, 0) is 4.79 Å². The summed E-state index contributed by atoms with van der Waals surface area (Å²) in [6.07, 6.45) is 1.49. The Hall–Kier alpha value is -3.93. The minimum atomic E-state index is -0.407. The smallest absolute Gasteiger partial charge is 0.343 e. The third kappa shape index (κ3) is 6.04. The predicted octanol–water partition coefficient (Wildman–Crippen LogP) is 3.74. The molecular weight excluding hydrogens is 368 g/mol. The maximum atomic E-state index is 12.2. The Morgan fingerprint density at radius 2 is 1.59 bits per heavy atom. The van der Waals surface area contributed by atoms with Crippen molar-refractivity contribution in [2.45, 2.75) is 6.92 Å². The van der Waals surface area contributed by atoms with Crippen LogP contribution >= 0.6 is 0 Å². The lowest BCUT2D eigenvalue weighted by atomic mass is 10.1. The number of benzene rings is 3. The van der Waals surface area contributed by atoms with E-state index in [1.807, 2.05) is 37.3 Å². The number of hydrogen-bond donors (Lipinski definition) is 1. The molecule has 0 aliphatic rings. The monoisotopic (exact) mass is 388 g/mol. The molecule has 0 bridgehead atoms. The lowest BCUT2D eigenvalue weighted by molar-refractivity contribution is -0.123. The quantitative estimate of drug-likeness (QED) is 0.289. The minimum absolute atomic E-state index is 0.130. The van der Waals surface area contributed by atoms with Crippen molar-refractivity contribution in [3.05, 3.63) is 95.6 Å². The van der Waals surface area contributed by atoms with Crippen LogP contribution in [0.25, 0.3) is 0 Å². The minimum Gasteiger partial charge on any atom is -0.484 e. The second kappa shape index (κ2) is 9.85. The zero-order valence-electron chi connectivity index (χ0n) is 15.9. The van der Waals surface area contributed by atoms with Gasteiger partial charge in [-0.05, 0) is 60.5 Å². The summed E-state index contributed by atoms with van der Waals surface area (Å²) in [6.45, 7) is 1.73. The molecule has 0 spiro atoms. The molecule has 0 radical (unpaired) electrons. The first-order valence-corrected chi connectivity index (χ1v) is 8.99. The number of para-hydroxylation sites is 1. The largest absolute Gasteiger partial charge is 0.484 e. The first kappa shape index (κ1) is 19.8. The average molecular weight is 388 g/mol. The average Bonchev–Trinajstić information content (AvgIpc) is 2.74. The summed E-state index contributed by atoms with van der Waals surface area (Å²) in [4.78, 5) is 24.0. The van der Waals surface area contributed by atoms with Crippen LogP contribution in [0.15, 0.2) is 84.0 Å². The van der Waals surface area contributed by atoms with Gasteiger partial charge in [-0.2, -0.15) is 5.10 Å². The molecule has 0 fully saturated rings. The number of esters is 1. The number of hydrogen-bond acceptors (Lipinski definition) is 5. The standard InChI is InChI=1S/C23H20N2O4/c1-17-7-5-6-10-21(17)23(27)29-20-13-11-18(12-14-20)15-24-25-22(26)16-28-19-8-3-2-4-9-19/h2-15H,16H2,1H3,(H,25,26)/b24-15-. The first-order chi connectivity index (χ1) is 14.1. The van der Waals surface area contributed by atoms with E-state index >= 15 is 0 Å². The maximum Gasteiger partial charge on any atom is 0.343 e. The summed E-state index contributed by atoms with van der Waals surface area (Å²) in [5.74, 6) is 0.266. The molecule has 1 N–H and O–H groups in total. The van der Waals surface area contributed by atoms with Crippen molar-refractivity contribution in [2.75, 3.05) is 6.61 Å². The highest BCUT2D eigenvalue weighted by Gasteiger charge is 2.10. The van der Waals surface area contributed by atoms with Crippen molar-refractivity contribution in [3.8, 4) is 11.5 Å². The van der Waals surface area contributed by atoms with E-state index in [9.17, 15) is 9.59 Å². The molecule has 0 saturated heterocycles. The third-order valence-electron chi connectivity index (χ3n) is 3.97. The number of ether oxygens (including phenoxy) is 2.